The number of Topliss-reactive ketones (excluding diaryl/α,β-unsaturated/α-hetero) is 1. The first-order valence-electron chi connectivity index (χ1n) is 5.79. The lowest BCUT2D eigenvalue weighted by Crippen LogP contribution is -2.52. The molecule has 2 unspecified atom stereocenters. The summed E-state index contributed by atoms with van der Waals surface area (Å²) in [7, 11) is 0. The maximum atomic E-state index is 13.1. The molecule has 2 atom stereocenters. The number of fused-ring (bicyclic) bond motifs is 3. The molecule has 3 heteroatoms. The molecule has 2 nitrogen and oxygen atoms in total. The van der Waals surface area contributed by atoms with E-state index in [9.17, 15) is 9.18 Å². The minimum absolute atomic E-state index is 0.174. The minimum Gasteiger partial charge on any atom is -0.367 e. The van der Waals surface area contributed by atoms with Crippen LogP contribution in [-0.4, -0.2) is 18.4 Å². The van der Waals surface area contributed by atoms with E-state index >= 15 is 0 Å². The number of ketones is 1. The summed E-state index contributed by atoms with van der Waals surface area (Å²) in [5.41, 5.74) is 0.919. The third-order valence-electron chi connectivity index (χ3n) is 3.74. The predicted octanol–water partition coefficient (Wildman–Crippen LogP) is 2.38. The van der Waals surface area contributed by atoms with Gasteiger partial charge in [-0.2, -0.15) is 0 Å². The lowest BCUT2D eigenvalue weighted by atomic mass is 9.78. The van der Waals surface area contributed by atoms with E-state index < -0.39 is 0 Å². The molecule has 0 spiro atoms. The number of nitrogens with zero attached hydrogens (tertiary/aromatic N) is 1. The number of carbonyl (C=O) groups is 1. The van der Waals surface area contributed by atoms with Gasteiger partial charge in [0, 0.05) is 30.6 Å². The number of anilines is 1. The summed E-state index contributed by atoms with van der Waals surface area (Å²) in [5, 5.41) is 0. The molecule has 1 saturated carbocycles. The molecule has 2 saturated heterocycles. The van der Waals surface area contributed by atoms with Gasteiger partial charge >= 0.3 is 0 Å². The average molecular weight is 219 g/mol. The minimum atomic E-state index is -0.203. The van der Waals surface area contributed by atoms with Crippen molar-refractivity contribution in [2.45, 2.75) is 25.3 Å². The van der Waals surface area contributed by atoms with Crippen molar-refractivity contribution in [2.24, 2.45) is 5.92 Å². The Labute approximate surface area is 94.1 Å². The number of rotatable bonds is 1. The van der Waals surface area contributed by atoms with Crippen LogP contribution >= 0.6 is 0 Å². The maximum absolute atomic E-state index is 13.1. The Bertz CT molecular complexity index is 432. The molecule has 3 aliphatic rings. The van der Waals surface area contributed by atoms with Crippen LogP contribution in [0.3, 0.4) is 0 Å². The third-order valence-corrected chi connectivity index (χ3v) is 3.74. The fourth-order valence-electron chi connectivity index (χ4n) is 2.87. The van der Waals surface area contributed by atoms with Crippen molar-refractivity contribution in [1.82, 2.24) is 0 Å². The third kappa shape index (κ3) is 1.51. The zero-order valence-corrected chi connectivity index (χ0v) is 9.03. The van der Waals surface area contributed by atoms with Crippen molar-refractivity contribution in [3.05, 3.63) is 30.1 Å². The summed E-state index contributed by atoms with van der Waals surface area (Å²) in [6.07, 6.45) is 2.71. The van der Waals surface area contributed by atoms with Crippen LogP contribution in [0.2, 0.25) is 0 Å². The van der Waals surface area contributed by atoms with Crippen LogP contribution in [0.25, 0.3) is 0 Å². The zero-order valence-electron chi connectivity index (χ0n) is 9.03. The fraction of sp³-hybridized carbons (Fsp3) is 0.462. The Kier molecular flexibility index (Phi) is 2.20. The Morgan fingerprint density at radius 3 is 2.81 bits per heavy atom. The van der Waals surface area contributed by atoms with E-state index in [1.54, 1.807) is 12.1 Å². The molecule has 0 radical (unpaired) electrons. The van der Waals surface area contributed by atoms with Gasteiger partial charge in [0.1, 0.15) is 11.6 Å². The topological polar surface area (TPSA) is 20.3 Å². The Morgan fingerprint density at radius 1 is 1.31 bits per heavy atom. The molecule has 0 amide bonds. The van der Waals surface area contributed by atoms with Crippen molar-refractivity contribution in [2.75, 3.05) is 11.4 Å². The van der Waals surface area contributed by atoms with Crippen LogP contribution in [-0.2, 0) is 4.79 Å². The van der Waals surface area contributed by atoms with Crippen LogP contribution < -0.4 is 4.90 Å². The molecular weight excluding hydrogens is 205 g/mol. The van der Waals surface area contributed by atoms with Gasteiger partial charge in [-0.15, -0.1) is 0 Å². The molecule has 1 aromatic carbocycles. The maximum Gasteiger partial charge on any atom is 0.139 e. The summed E-state index contributed by atoms with van der Waals surface area (Å²) in [6.45, 7) is 0.771. The number of benzene rings is 1. The normalized spacial score (nSPS) is 28.6. The summed E-state index contributed by atoms with van der Waals surface area (Å²) in [6, 6.07) is 6.96. The number of carbonyl (C=O) groups excluding carboxylic acids is 1. The van der Waals surface area contributed by atoms with Crippen molar-refractivity contribution in [1.29, 1.82) is 0 Å². The predicted molar refractivity (Wildman–Crippen MR) is 59.9 cm³/mol. The molecule has 2 bridgehead atoms. The summed E-state index contributed by atoms with van der Waals surface area (Å²) in [4.78, 5) is 13.8. The van der Waals surface area contributed by atoms with Gasteiger partial charge in [0.25, 0.3) is 0 Å². The molecule has 2 heterocycles. The zero-order chi connectivity index (χ0) is 11.1. The van der Waals surface area contributed by atoms with Crippen LogP contribution in [0.1, 0.15) is 19.3 Å². The highest BCUT2D eigenvalue weighted by Crippen LogP contribution is 2.35. The first-order valence-corrected chi connectivity index (χ1v) is 5.79. The smallest absolute Gasteiger partial charge is 0.139 e. The lowest BCUT2D eigenvalue weighted by Gasteiger charge is -2.45. The first-order chi connectivity index (χ1) is 7.74. The van der Waals surface area contributed by atoms with Crippen LogP contribution in [0.4, 0.5) is 10.1 Å². The van der Waals surface area contributed by atoms with Gasteiger partial charge in [-0.05, 0) is 31.0 Å². The van der Waals surface area contributed by atoms with E-state index in [0.29, 0.717) is 18.2 Å². The van der Waals surface area contributed by atoms with Crippen molar-refractivity contribution >= 4 is 11.5 Å². The number of piperidine rings is 2. The number of halogens is 1. The molecule has 1 aliphatic carbocycles. The van der Waals surface area contributed by atoms with E-state index in [0.717, 1.165) is 25.1 Å². The van der Waals surface area contributed by atoms with Crippen molar-refractivity contribution in [3.63, 3.8) is 0 Å². The van der Waals surface area contributed by atoms with E-state index in [4.69, 9.17) is 0 Å². The van der Waals surface area contributed by atoms with Crippen LogP contribution in [0.5, 0.6) is 0 Å². The molecule has 2 aliphatic heterocycles. The first kappa shape index (κ1) is 9.82. The monoisotopic (exact) mass is 219 g/mol. The van der Waals surface area contributed by atoms with Gasteiger partial charge in [0.2, 0.25) is 0 Å². The average Bonchev–Trinajstić information content (AvgIpc) is 2.29. The second-order valence-corrected chi connectivity index (χ2v) is 4.73. The molecule has 0 aromatic heterocycles. The Morgan fingerprint density at radius 2 is 2.19 bits per heavy atom. The van der Waals surface area contributed by atoms with Gasteiger partial charge in [0.05, 0.1) is 0 Å². The fourth-order valence-corrected chi connectivity index (χ4v) is 2.87. The molecular formula is C13H14FNO. The largest absolute Gasteiger partial charge is 0.367 e. The van der Waals surface area contributed by atoms with Crippen LogP contribution in [0, 0.1) is 11.7 Å². The van der Waals surface area contributed by atoms with Crippen LogP contribution in [0.15, 0.2) is 24.3 Å². The van der Waals surface area contributed by atoms with Gasteiger partial charge in [-0.25, -0.2) is 4.39 Å². The number of hydrogen-bond acceptors (Lipinski definition) is 2. The van der Waals surface area contributed by atoms with Gasteiger partial charge in [-0.1, -0.05) is 6.07 Å². The van der Waals surface area contributed by atoms with Gasteiger partial charge in [-0.3, -0.25) is 4.79 Å². The second-order valence-electron chi connectivity index (χ2n) is 4.73. The quantitative estimate of drug-likeness (QED) is 0.722. The van der Waals surface area contributed by atoms with Crippen molar-refractivity contribution < 1.29 is 9.18 Å². The highest BCUT2D eigenvalue weighted by molar-refractivity contribution is 5.85. The Hall–Kier alpha value is -1.38. The summed E-state index contributed by atoms with van der Waals surface area (Å²) < 4.78 is 13.1. The molecule has 1 aromatic rings. The van der Waals surface area contributed by atoms with Crippen molar-refractivity contribution in [3.8, 4) is 0 Å². The summed E-state index contributed by atoms with van der Waals surface area (Å²) >= 11 is 0. The summed E-state index contributed by atoms with van der Waals surface area (Å²) in [5.74, 6) is 0.363. The second kappa shape index (κ2) is 3.58. The van der Waals surface area contributed by atoms with Gasteiger partial charge in [0.15, 0.2) is 0 Å². The highest BCUT2D eigenvalue weighted by Gasteiger charge is 2.39. The van der Waals surface area contributed by atoms with E-state index in [1.807, 2.05) is 6.07 Å². The standard InChI is InChI=1S/C13H14FNO/c14-10-2-1-3-11(6-10)15-8-9-4-5-12(15)7-13(9)16/h1-3,6,9,12H,4-5,7-8H2. The number of hydrogen-bond donors (Lipinski definition) is 0. The highest BCUT2D eigenvalue weighted by atomic mass is 19.1. The molecule has 16 heavy (non-hydrogen) atoms. The van der Waals surface area contributed by atoms with E-state index in [1.165, 1.54) is 6.07 Å². The Balaban J connectivity index is 1.89. The lowest BCUT2D eigenvalue weighted by molar-refractivity contribution is -0.126. The van der Waals surface area contributed by atoms with Gasteiger partial charge < -0.3 is 4.90 Å². The van der Waals surface area contributed by atoms with E-state index in [2.05, 4.69) is 4.90 Å². The SMILES string of the molecule is O=C1CC2CCC1CN2c1cccc(F)c1. The molecule has 0 N–H and O–H groups in total. The molecule has 84 valence electrons. The molecule has 3 fully saturated rings. The van der Waals surface area contributed by atoms with E-state index in [-0.39, 0.29) is 11.7 Å². The molecule has 4 rings (SSSR count).